The van der Waals surface area contributed by atoms with Crippen LogP contribution in [0.15, 0.2) is 22.0 Å². The molecule has 1 aromatic carbocycles. The third-order valence-electron chi connectivity index (χ3n) is 2.86. The molecule has 2 aromatic rings. The molecule has 0 spiro atoms. The lowest BCUT2D eigenvalue weighted by atomic mass is 10.0. The van der Waals surface area contributed by atoms with Crippen molar-refractivity contribution in [3.63, 3.8) is 0 Å². The maximum Gasteiger partial charge on any atom is 0.129 e. The van der Waals surface area contributed by atoms with Crippen molar-refractivity contribution < 1.29 is 4.74 Å². The number of benzene rings is 1. The summed E-state index contributed by atoms with van der Waals surface area (Å²) >= 11 is 5.17. The highest BCUT2D eigenvalue weighted by Gasteiger charge is 2.13. The summed E-state index contributed by atoms with van der Waals surface area (Å²) in [5.41, 5.74) is 3.39. The van der Waals surface area contributed by atoms with Crippen molar-refractivity contribution in [1.82, 2.24) is 4.98 Å². The van der Waals surface area contributed by atoms with E-state index in [1.165, 1.54) is 5.56 Å². The van der Waals surface area contributed by atoms with Crippen LogP contribution in [0.1, 0.15) is 31.0 Å². The van der Waals surface area contributed by atoms with E-state index in [0.717, 1.165) is 25.8 Å². The number of aryl methyl sites for hydroxylation is 1. The lowest BCUT2D eigenvalue weighted by Gasteiger charge is -2.11. The summed E-state index contributed by atoms with van der Waals surface area (Å²) in [6.45, 7) is 6.38. The number of methoxy groups -OCH3 is 1. The number of rotatable bonds is 3. The standard InChI is InChI=1S/C14H16BrNOS/c1-8(2)10-5-6-12(17-4)11(7-10)14-16-9(3)13(15)18-14/h5-8H,1-4H3. The van der Waals surface area contributed by atoms with E-state index in [2.05, 4.69) is 46.9 Å². The Balaban J connectivity index is 2.56. The summed E-state index contributed by atoms with van der Waals surface area (Å²) in [5, 5.41) is 0.999. The predicted molar refractivity (Wildman–Crippen MR) is 80.6 cm³/mol. The first kappa shape index (κ1) is 13.6. The Kier molecular flexibility index (Phi) is 4.07. The summed E-state index contributed by atoms with van der Waals surface area (Å²) in [4.78, 5) is 4.58. The second kappa shape index (κ2) is 5.41. The second-order valence-electron chi connectivity index (χ2n) is 4.49. The van der Waals surface area contributed by atoms with E-state index in [4.69, 9.17) is 4.74 Å². The Morgan fingerprint density at radius 2 is 2.06 bits per heavy atom. The topological polar surface area (TPSA) is 22.1 Å². The molecule has 1 aromatic heterocycles. The van der Waals surface area contributed by atoms with Crippen LogP contribution in [0.25, 0.3) is 10.6 Å². The number of hydrogen-bond acceptors (Lipinski definition) is 3. The summed E-state index contributed by atoms with van der Waals surface area (Å²) in [7, 11) is 1.70. The molecule has 4 heteroatoms. The smallest absolute Gasteiger partial charge is 0.129 e. The van der Waals surface area contributed by atoms with E-state index in [9.17, 15) is 0 Å². The summed E-state index contributed by atoms with van der Waals surface area (Å²) in [5.74, 6) is 1.37. The van der Waals surface area contributed by atoms with Gasteiger partial charge in [0.1, 0.15) is 10.8 Å². The van der Waals surface area contributed by atoms with Gasteiger partial charge in [0, 0.05) is 0 Å². The lowest BCUT2D eigenvalue weighted by molar-refractivity contribution is 0.416. The van der Waals surface area contributed by atoms with Crippen LogP contribution in [0.3, 0.4) is 0 Å². The third kappa shape index (κ3) is 2.59. The molecule has 18 heavy (non-hydrogen) atoms. The first-order valence-corrected chi connectivity index (χ1v) is 7.45. The highest BCUT2D eigenvalue weighted by atomic mass is 79.9. The van der Waals surface area contributed by atoms with Crippen molar-refractivity contribution in [3.05, 3.63) is 33.2 Å². The Morgan fingerprint density at radius 1 is 1.33 bits per heavy atom. The predicted octanol–water partition coefficient (Wildman–Crippen LogP) is 5.01. The largest absolute Gasteiger partial charge is 0.496 e. The zero-order chi connectivity index (χ0) is 13.3. The van der Waals surface area contributed by atoms with Crippen LogP contribution in [-0.4, -0.2) is 12.1 Å². The molecule has 0 atom stereocenters. The number of ether oxygens (including phenoxy) is 1. The maximum absolute atomic E-state index is 5.43. The quantitative estimate of drug-likeness (QED) is 0.791. The Hall–Kier alpha value is -0.870. The fourth-order valence-corrected chi connectivity index (χ4v) is 3.11. The Morgan fingerprint density at radius 3 is 2.56 bits per heavy atom. The van der Waals surface area contributed by atoms with Gasteiger partial charge in [-0.1, -0.05) is 19.9 Å². The summed E-state index contributed by atoms with van der Waals surface area (Å²) in [6.07, 6.45) is 0. The van der Waals surface area contributed by atoms with Crippen LogP contribution in [0, 0.1) is 6.92 Å². The van der Waals surface area contributed by atoms with Gasteiger partial charge in [0.25, 0.3) is 0 Å². The Labute approximate surface area is 120 Å². The molecule has 0 radical (unpaired) electrons. The van der Waals surface area contributed by atoms with Gasteiger partial charge < -0.3 is 4.74 Å². The van der Waals surface area contributed by atoms with E-state index in [1.54, 1.807) is 18.4 Å². The van der Waals surface area contributed by atoms with Gasteiger partial charge >= 0.3 is 0 Å². The van der Waals surface area contributed by atoms with Crippen molar-refractivity contribution in [2.45, 2.75) is 26.7 Å². The van der Waals surface area contributed by atoms with E-state index >= 15 is 0 Å². The summed E-state index contributed by atoms with van der Waals surface area (Å²) in [6, 6.07) is 6.31. The fourth-order valence-electron chi connectivity index (χ4n) is 1.74. The molecule has 0 saturated carbocycles. The van der Waals surface area contributed by atoms with Gasteiger partial charge in [-0.05, 0) is 46.5 Å². The Bertz CT molecular complexity index is 543. The molecule has 2 rings (SSSR count). The monoisotopic (exact) mass is 325 g/mol. The highest BCUT2D eigenvalue weighted by molar-refractivity contribution is 9.11. The molecule has 2 nitrogen and oxygen atoms in total. The third-order valence-corrected chi connectivity index (χ3v) is 4.90. The van der Waals surface area contributed by atoms with Crippen molar-refractivity contribution >= 4 is 27.3 Å². The fraction of sp³-hybridized carbons (Fsp3) is 0.357. The van der Waals surface area contributed by atoms with E-state index in [1.807, 2.05) is 13.0 Å². The molecule has 0 aliphatic rings. The average Bonchev–Trinajstić information content (AvgIpc) is 2.68. The molecular formula is C14H16BrNOS. The molecule has 0 N–H and O–H groups in total. The minimum atomic E-state index is 0.499. The van der Waals surface area contributed by atoms with Gasteiger partial charge in [0.15, 0.2) is 0 Å². The average molecular weight is 326 g/mol. The number of aromatic nitrogens is 1. The molecule has 96 valence electrons. The molecule has 0 unspecified atom stereocenters. The molecular weight excluding hydrogens is 310 g/mol. The van der Waals surface area contributed by atoms with Crippen LogP contribution in [0.5, 0.6) is 5.75 Å². The van der Waals surface area contributed by atoms with Gasteiger partial charge in [-0.25, -0.2) is 4.98 Å². The van der Waals surface area contributed by atoms with E-state index in [0.29, 0.717) is 5.92 Å². The first-order valence-electron chi connectivity index (χ1n) is 5.84. The van der Waals surface area contributed by atoms with Gasteiger partial charge in [0.05, 0.1) is 22.2 Å². The molecule has 0 aliphatic carbocycles. The second-order valence-corrected chi connectivity index (χ2v) is 6.81. The van der Waals surface area contributed by atoms with Crippen LogP contribution in [0.4, 0.5) is 0 Å². The molecule has 0 bridgehead atoms. The van der Waals surface area contributed by atoms with Gasteiger partial charge in [-0.2, -0.15) is 0 Å². The van der Waals surface area contributed by atoms with Crippen LogP contribution in [0.2, 0.25) is 0 Å². The van der Waals surface area contributed by atoms with Gasteiger partial charge in [-0.15, -0.1) is 11.3 Å². The van der Waals surface area contributed by atoms with Crippen molar-refractivity contribution in [1.29, 1.82) is 0 Å². The molecule has 1 heterocycles. The maximum atomic E-state index is 5.43. The molecule has 0 aliphatic heterocycles. The molecule has 0 fully saturated rings. The van der Waals surface area contributed by atoms with Gasteiger partial charge in [0.2, 0.25) is 0 Å². The van der Waals surface area contributed by atoms with Crippen molar-refractivity contribution in [3.8, 4) is 16.3 Å². The summed E-state index contributed by atoms with van der Waals surface area (Å²) < 4.78 is 6.51. The van der Waals surface area contributed by atoms with Crippen LogP contribution >= 0.6 is 27.3 Å². The zero-order valence-corrected chi connectivity index (χ0v) is 13.4. The van der Waals surface area contributed by atoms with E-state index in [-0.39, 0.29) is 0 Å². The number of halogens is 1. The van der Waals surface area contributed by atoms with Crippen molar-refractivity contribution in [2.75, 3.05) is 7.11 Å². The normalized spacial score (nSPS) is 11.0. The highest BCUT2D eigenvalue weighted by Crippen LogP contribution is 2.38. The van der Waals surface area contributed by atoms with Crippen molar-refractivity contribution in [2.24, 2.45) is 0 Å². The van der Waals surface area contributed by atoms with Crippen LogP contribution < -0.4 is 4.74 Å². The number of thiazole rings is 1. The lowest BCUT2D eigenvalue weighted by Crippen LogP contribution is -1.92. The minimum absolute atomic E-state index is 0.499. The number of nitrogens with zero attached hydrogens (tertiary/aromatic N) is 1. The zero-order valence-electron chi connectivity index (χ0n) is 11.0. The molecule has 0 saturated heterocycles. The minimum Gasteiger partial charge on any atom is -0.496 e. The van der Waals surface area contributed by atoms with Gasteiger partial charge in [-0.3, -0.25) is 0 Å². The number of hydrogen-bond donors (Lipinski definition) is 0. The SMILES string of the molecule is COc1ccc(C(C)C)cc1-c1nc(C)c(Br)s1. The molecule has 0 amide bonds. The van der Waals surface area contributed by atoms with E-state index < -0.39 is 0 Å². The van der Waals surface area contributed by atoms with Crippen LogP contribution in [-0.2, 0) is 0 Å². The first-order chi connectivity index (χ1) is 8.52.